The lowest BCUT2D eigenvalue weighted by molar-refractivity contribution is -0.110. The maximum absolute atomic E-state index is 14.3. The van der Waals surface area contributed by atoms with Crippen LogP contribution in [-0.4, -0.2) is 65.1 Å². The number of benzene rings is 2. The molecule has 1 saturated carbocycles. The van der Waals surface area contributed by atoms with E-state index in [2.05, 4.69) is 38.1 Å². The van der Waals surface area contributed by atoms with Crippen LogP contribution in [0.1, 0.15) is 63.5 Å². The summed E-state index contributed by atoms with van der Waals surface area (Å²) in [5, 5.41) is 24.8. The minimum absolute atomic E-state index is 0.0186. The molecule has 17 heteroatoms. The molecule has 1 aliphatic heterocycles. The van der Waals surface area contributed by atoms with E-state index in [1.807, 2.05) is 0 Å². The molecule has 2 aliphatic rings. The maximum atomic E-state index is 14.3. The van der Waals surface area contributed by atoms with E-state index in [4.69, 9.17) is 21.3 Å². The van der Waals surface area contributed by atoms with Gasteiger partial charge >= 0.3 is 6.02 Å². The first-order valence-corrected chi connectivity index (χ1v) is 18.2. The van der Waals surface area contributed by atoms with Crippen LogP contribution in [0.3, 0.4) is 0 Å². The van der Waals surface area contributed by atoms with Crippen LogP contribution < -0.4 is 16.1 Å². The molecule has 0 radical (unpaired) electrons. The number of hydrazone groups is 1. The van der Waals surface area contributed by atoms with Crippen LogP contribution >= 0.6 is 11.6 Å². The van der Waals surface area contributed by atoms with Gasteiger partial charge in [0.15, 0.2) is 10.6 Å². The highest BCUT2D eigenvalue weighted by molar-refractivity contribution is 7.93. The Morgan fingerprint density at radius 3 is 2.47 bits per heavy atom. The molecule has 11 nitrogen and oxygen atoms in total. The fourth-order valence-corrected chi connectivity index (χ4v) is 7.66. The molecule has 53 heavy (non-hydrogen) atoms. The molecule has 3 heterocycles. The van der Waals surface area contributed by atoms with Crippen molar-refractivity contribution in [1.82, 2.24) is 25.5 Å². The Morgan fingerprint density at radius 1 is 1.15 bits per heavy atom. The Kier molecular flexibility index (Phi) is 10.8. The molecule has 2 aromatic carbocycles. The number of nitrogens with zero attached hydrogens (tertiary/aromatic N) is 4. The molecule has 4 N–H and O–H groups in total. The summed E-state index contributed by atoms with van der Waals surface area (Å²) < 4.78 is 75.6. The number of fused-ring (bicyclic) bond motifs is 1. The van der Waals surface area contributed by atoms with E-state index in [9.17, 15) is 32.0 Å². The molecule has 1 aliphatic carbocycles. The van der Waals surface area contributed by atoms with Gasteiger partial charge in [0.1, 0.15) is 34.7 Å². The minimum atomic E-state index is -2.84. The number of pyridine rings is 1. The summed E-state index contributed by atoms with van der Waals surface area (Å²) in [5.41, 5.74) is 2.79. The summed E-state index contributed by atoms with van der Waals surface area (Å²) in [5.74, 6) is 4.44. The lowest BCUT2D eigenvalue weighted by Gasteiger charge is -2.23. The molecule has 3 unspecified atom stereocenters. The Morgan fingerprint density at radius 2 is 1.85 bits per heavy atom. The van der Waals surface area contributed by atoms with Gasteiger partial charge in [0.05, 0.1) is 27.7 Å². The van der Waals surface area contributed by atoms with Crippen molar-refractivity contribution in [3.63, 3.8) is 0 Å². The quantitative estimate of drug-likeness (QED) is 0.0615. The Hall–Kier alpha value is -4.56. The van der Waals surface area contributed by atoms with Crippen LogP contribution in [-0.2, 0) is 33.7 Å². The summed E-state index contributed by atoms with van der Waals surface area (Å²) in [7, 11) is 0. The Bertz CT molecular complexity index is 2110. The van der Waals surface area contributed by atoms with Gasteiger partial charge in [-0.2, -0.15) is 5.10 Å². The monoisotopic (exact) mass is 773 g/mol. The molecule has 1 fully saturated rings. The number of carbonyl (C=O) groups excluding carboxylic acids is 1. The van der Waals surface area contributed by atoms with Gasteiger partial charge in [0.25, 0.3) is 6.43 Å². The van der Waals surface area contributed by atoms with Crippen molar-refractivity contribution in [1.29, 1.82) is 0 Å². The average molecular weight is 774 g/mol. The number of halogens is 5. The van der Waals surface area contributed by atoms with Gasteiger partial charge in [0, 0.05) is 17.2 Å². The molecular weight excluding hydrogens is 738 g/mol. The number of hydrogen-bond acceptors (Lipinski definition) is 9. The number of amidine groups is 1. The second-order valence-electron chi connectivity index (χ2n) is 13.8. The number of aliphatic hydroxyl groups is 1. The summed E-state index contributed by atoms with van der Waals surface area (Å²) in [6, 6.07) is 8.23. The number of ether oxygens (including phenoxy) is 1. The van der Waals surface area contributed by atoms with Crippen molar-refractivity contribution in [2.24, 2.45) is 5.10 Å². The zero-order valence-corrected chi connectivity index (χ0v) is 30.6. The summed E-state index contributed by atoms with van der Waals surface area (Å²) in [6.45, 7) is 5.73. The van der Waals surface area contributed by atoms with Gasteiger partial charge in [-0.25, -0.2) is 22.5 Å². The molecular formula is C36H36ClF4N7O4S. The third kappa shape index (κ3) is 8.65. The number of carbonyl (C=O) groups is 1. The van der Waals surface area contributed by atoms with E-state index in [1.54, 1.807) is 32.0 Å². The fourth-order valence-electron chi connectivity index (χ4n) is 5.87. The zero-order valence-electron chi connectivity index (χ0n) is 29.0. The first kappa shape index (κ1) is 38.2. The van der Waals surface area contributed by atoms with Crippen LogP contribution in [0.25, 0.3) is 22.0 Å². The van der Waals surface area contributed by atoms with E-state index in [1.165, 1.54) is 19.9 Å². The first-order valence-electron chi connectivity index (χ1n) is 16.6. The molecule has 1 amide bonds. The highest BCUT2D eigenvalue weighted by atomic mass is 35.5. The van der Waals surface area contributed by atoms with Crippen LogP contribution in [0.5, 0.6) is 0 Å². The van der Waals surface area contributed by atoms with Crippen molar-refractivity contribution in [2.75, 3.05) is 5.32 Å². The highest BCUT2D eigenvalue weighted by Crippen LogP contribution is 2.41. The molecule has 6 rings (SSSR count). The number of alkyl halides is 2. The Labute approximate surface area is 310 Å². The highest BCUT2D eigenvalue weighted by Gasteiger charge is 2.43. The zero-order chi connectivity index (χ0) is 38.2. The lowest BCUT2D eigenvalue weighted by atomic mass is 9.94. The van der Waals surface area contributed by atoms with Crippen molar-refractivity contribution >= 4 is 51.9 Å². The van der Waals surface area contributed by atoms with Gasteiger partial charge in [-0.05, 0) is 106 Å². The van der Waals surface area contributed by atoms with E-state index in [0.29, 0.717) is 17.5 Å². The SMILES string of the molecule is CC(C)(O)C1NN=C(Nc2nn(CC(F)F)c3c(-c4ccc(C#CC(C)(C)[S+]([O-])C5CC5)nc4C(Cc4cc(F)cc(F)c4)NC=O)ccc(Cl)c23)O1. The largest absolute Gasteiger partial charge is 0.615 e. The number of amides is 1. The van der Waals surface area contributed by atoms with E-state index in [-0.39, 0.29) is 56.4 Å². The summed E-state index contributed by atoms with van der Waals surface area (Å²) in [6.07, 6.45) is -1.73. The van der Waals surface area contributed by atoms with E-state index < -0.39 is 58.4 Å². The lowest BCUT2D eigenvalue weighted by Crippen LogP contribution is -2.44. The summed E-state index contributed by atoms with van der Waals surface area (Å²) in [4.78, 5) is 16.8. The second kappa shape index (κ2) is 15.1. The van der Waals surface area contributed by atoms with E-state index >= 15 is 0 Å². The minimum Gasteiger partial charge on any atom is -0.615 e. The predicted octanol–water partition coefficient (Wildman–Crippen LogP) is 5.77. The van der Waals surface area contributed by atoms with Crippen LogP contribution in [0, 0.1) is 23.5 Å². The number of rotatable bonds is 12. The standard InChI is InChI=1S/C36H36ClF4N7O4S/c1-35(2,53(51)23-6-7-23)12-11-22-5-8-24(30(43-22)27(42-18-49)15-19-13-20(38)16-21(39)14-19)25-9-10-26(37)29-31(25)48(17-28(40)41)47-32(29)44-34-46-45-33(52-34)36(3,4)50/h5,8-10,13-14,16,18,23,27-28,33,45,50H,6-7,15,17H2,1-4H3,(H,42,49)(H,44,46,47). The molecule has 280 valence electrons. The Balaban J connectivity index is 1.51. The molecule has 0 saturated heterocycles. The van der Waals surface area contributed by atoms with Gasteiger partial charge in [-0.3, -0.25) is 20.2 Å². The number of anilines is 1. The van der Waals surface area contributed by atoms with Gasteiger partial charge in [0.2, 0.25) is 12.6 Å². The number of hydrogen-bond donors (Lipinski definition) is 4. The van der Waals surface area contributed by atoms with Gasteiger partial charge in [-0.15, -0.1) is 5.10 Å². The normalized spacial score (nSPS) is 17.1. The number of nitrogens with one attached hydrogen (secondary N) is 3. The molecule has 3 atom stereocenters. The third-order valence-corrected chi connectivity index (χ3v) is 11.0. The van der Waals surface area contributed by atoms with Crippen molar-refractivity contribution in [3.05, 3.63) is 76.1 Å². The predicted molar refractivity (Wildman–Crippen MR) is 193 cm³/mol. The smallest absolute Gasteiger partial charge is 0.314 e. The molecule has 0 bridgehead atoms. The van der Waals surface area contributed by atoms with Crippen molar-refractivity contribution < 1.29 is 36.8 Å². The molecule has 4 aromatic rings. The number of aromatic nitrogens is 3. The second-order valence-corrected chi connectivity index (χ2v) is 16.5. The van der Waals surface area contributed by atoms with Gasteiger partial charge in [-0.1, -0.05) is 17.7 Å². The molecule has 2 aromatic heterocycles. The molecule has 0 spiro atoms. The van der Waals surface area contributed by atoms with Crippen LogP contribution in [0.4, 0.5) is 23.4 Å². The fraction of sp³-hybridized carbons (Fsp3) is 0.389. The van der Waals surface area contributed by atoms with Crippen molar-refractivity contribution in [2.45, 2.75) is 87.8 Å². The maximum Gasteiger partial charge on any atom is 0.314 e. The van der Waals surface area contributed by atoms with E-state index in [0.717, 1.165) is 35.7 Å². The van der Waals surface area contributed by atoms with Crippen LogP contribution in [0.15, 0.2) is 47.6 Å². The van der Waals surface area contributed by atoms with Gasteiger partial charge < -0.3 is 19.7 Å². The van der Waals surface area contributed by atoms with Crippen LogP contribution in [0.2, 0.25) is 5.02 Å². The average Bonchev–Trinajstić information content (AvgIpc) is 3.71. The first-order chi connectivity index (χ1) is 25.0. The topological polar surface area (TPSA) is 149 Å². The third-order valence-electron chi connectivity index (χ3n) is 8.53. The van der Waals surface area contributed by atoms with Crippen molar-refractivity contribution in [3.8, 4) is 23.0 Å². The summed E-state index contributed by atoms with van der Waals surface area (Å²) >= 11 is 5.49.